The van der Waals surface area contributed by atoms with Gasteiger partial charge in [0.05, 0.1) is 34.7 Å². The van der Waals surface area contributed by atoms with Crippen LogP contribution in [0.2, 0.25) is 0 Å². The van der Waals surface area contributed by atoms with E-state index >= 15 is 0 Å². The molecule has 1 aliphatic heterocycles. The van der Waals surface area contributed by atoms with E-state index in [2.05, 4.69) is 19.9 Å². The van der Waals surface area contributed by atoms with E-state index in [1.807, 2.05) is 23.6 Å². The van der Waals surface area contributed by atoms with Crippen LogP contribution in [0.3, 0.4) is 0 Å². The molecule has 6 nitrogen and oxygen atoms in total. The van der Waals surface area contributed by atoms with Crippen LogP contribution in [0.15, 0.2) is 53.3 Å². The average Bonchev–Trinajstić information content (AvgIpc) is 3.41. The van der Waals surface area contributed by atoms with Crippen molar-refractivity contribution in [1.29, 1.82) is 5.26 Å². The fourth-order valence-electron chi connectivity index (χ4n) is 4.73. The lowest BCUT2D eigenvalue weighted by molar-refractivity contribution is -0.137. The Balaban J connectivity index is 1.69. The van der Waals surface area contributed by atoms with Crippen LogP contribution in [0.25, 0.3) is 11.1 Å². The zero-order valence-corrected chi connectivity index (χ0v) is 21.2. The monoisotopic (exact) mass is 510 g/mol. The standard InChI is InChI=1S/C28H29F3N4O2/c1-17(2)24-15-34(10-11-35(24)27(36)20-9-12-37-16-20)26-21(14-32)13-23(25(33-26)18(3)4)19-5-7-22(8-6-19)28(29,30)31/h5-9,12-13,16-18,24H,10-11,15H2,1-4H3. The van der Waals surface area contributed by atoms with Gasteiger partial charge in [0, 0.05) is 25.2 Å². The molecule has 0 spiro atoms. The SMILES string of the molecule is CC(C)c1nc(N2CCN(C(=O)c3ccoc3)C(C(C)C)C2)c(C#N)cc1-c1ccc(C(F)(F)F)cc1. The van der Waals surface area contributed by atoms with Gasteiger partial charge in [0.2, 0.25) is 0 Å². The van der Waals surface area contributed by atoms with Crippen molar-refractivity contribution in [2.45, 2.75) is 45.8 Å². The Bertz CT molecular complexity index is 1290. The summed E-state index contributed by atoms with van der Waals surface area (Å²) >= 11 is 0. The summed E-state index contributed by atoms with van der Waals surface area (Å²) in [6.07, 6.45) is -1.51. The van der Waals surface area contributed by atoms with Crippen LogP contribution in [-0.2, 0) is 6.18 Å². The summed E-state index contributed by atoms with van der Waals surface area (Å²) in [6.45, 7) is 9.47. The molecule has 194 valence electrons. The number of furan rings is 1. The van der Waals surface area contributed by atoms with Crippen molar-refractivity contribution < 1.29 is 22.4 Å². The Morgan fingerprint density at radius 1 is 1.14 bits per heavy atom. The number of carbonyl (C=O) groups excluding carboxylic acids is 1. The van der Waals surface area contributed by atoms with Crippen LogP contribution in [0.5, 0.6) is 0 Å². The van der Waals surface area contributed by atoms with Crippen molar-refractivity contribution in [2.24, 2.45) is 5.92 Å². The normalized spacial score (nSPS) is 16.4. The zero-order chi connectivity index (χ0) is 26.9. The molecule has 1 unspecified atom stereocenters. The van der Waals surface area contributed by atoms with Crippen molar-refractivity contribution in [2.75, 3.05) is 24.5 Å². The summed E-state index contributed by atoms with van der Waals surface area (Å²) < 4.78 is 44.3. The minimum Gasteiger partial charge on any atom is -0.472 e. The van der Waals surface area contributed by atoms with Crippen LogP contribution in [0.1, 0.15) is 60.8 Å². The molecule has 2 aromatic heterocycles. The second-order valence-corrected chi connectivity index (χ2v) is 9.90. The lowest BCUT2D eigenvalue weighted by Crippen LogP contribution is -2.57. The van der Waals surface area contributed by atoms with Gasteiger partial charge in [-0.25, -0.2) is 4.98 Å². The van der Waals surface area contributed by atoms with E-state index in [-0.39, 0.29) is 23.8 Å². The van der Waals surface area contributed by atoms with Gasteiger partial charge in [0.15, 0.2) is 0 Å². The van der Waals surface area contributed by atoms with E-state index in [9.17, 15) is 23.2 Å². The first kappa shape index (κ1) is 26.3. The highest BCUT2D eigenvalue weighted by Crippen LogP contribution is 2.36. The van der Waals surface area contributed by atoms with Crippen LogP contribution < -0.4 is 4.90 Å². The summed E-state index contributed by atoms with van der Waals surface area (Å²) in [5.41, 5.74) is 2.03. The van der Waals surface area contributed by atoms with Gasteiger partial charge in [-0.15, -0.1) is 0 Å². The lowest BCUT2D eigenvalue weighted by atomic mass is 9.94. The van der Waals surface area contributed by atoms with E-state index in [4.69, 9.17) is 9.40 Å². The maximum atomic E-state index is 13.1. The zero-order valence-electron chi connectivity index (χ0n) is 21.2. The fraction of sp³-hybridized carbons (Fsp3) is 0.393. The van der Waals surface area contributed by atoms with Crippen molar-refractivity contribution in [1.82, 2.24) is 9.88 Å². The number of piperazine rings is 1. The maximum absolute atomic E-state index is 13.1. The molecule has 1 aromatic carbocycles. The van der Waals surface area contributed by atoms with Gasteiger partial charge >= 0.3 is 6.18 Å². The number of amides is 1. The van der Waals surface area contributed by atoms with Gasteiger partial charge < -0.3 is 14.2 Å². The summed E-state index contributed by atoms with van der Waals surface area (Å²) in [7, 11) is 0. The Hall–Kier alpha value is -3.80. The molecule has 0 bridgehead atoms. The molecular weight excluding hydrogens is 481 g/mol. The molecule has 1 atom stereocenters. The fourth-order valence-corrected chi connectivity index (χ4v) is 4.73. The molecule has 0 aliphatic carbocycles. The molecule has 1 aliphatic rings. The lowest BCUT2D eigenvalue weighted by Gasteiger charge is -2.44. The number of aromatic nitrogens is 1. The molecule has 4 rings (SSSR count). The quantitative estimate of drug-likeness (QED) is 0.400. The predicted molar refractivity (Wildman–Crippen MR) is 134 cm³/mol. The topological polar surface area (TPSA) is 73.4 Å². The van der Waals surface area contributed by atoms with E-state index in [0.717, 1.165) is 12.1 Å². The molecule has 0 radical (unpaired) electrons. The van der Waals surface area contributed by atoms with Gasteiger partial charge in [-0.1, -0.05) is 39.8 Å². The molecule has 0 N–H and O–H groups in total. The number of benzene rings is 1. The number of nitriles is 1. The summed E-state index contributed by atoms with van der Waals surface area (Å²) in [6, 6.07) is 10.4. The molecular formula is C28H29F3N4O2. The Kier molecular flexibility index (Phi) is 7.30. The van der Waals surface area contributed by atoms with Gasteiger partial charge in [-0.3, -0.25) is 4.79 Å². The first-order valence-corrected chi connectivity index (χ1v) is 12.2. The van der Waals surface area contributed by atoms with E-state index in [1.54, 1.807) is 12.1 Å². The third-order valence-corrected chi connectivity index (χ3v) is 6.74. The number of hydrogen-bond donors (Lipinski definition) is 0. The van der Waals surface area contributed by atoms with Gasteiger partial charge in [-0.2, -0.15) is 18.4 Å². The first-order chi connectivity index (χ1) is 17.5. The smallest absolute Gasteiger partial charge is 0.416 e. The third kappa shape index (κ3) is 5.33. The summed E-state index contributed by atoms with van der Waals surface area (Å²) in [5.74, 6) is 0.554. The number of halogens is 3. The number of carbonyl (C=O) groups is 1. The van der Waals surface area contributed by atoms with Crippen molar-refractivity contribution >= 4 is 11.7 Å². The Morgan fingerprint density at radius 3 is 2.38 bits per heavy atom. The highest BCUT2D eigenvalue weighted by atomic mass is 19.4. The maximum Gasteiger partial charge on any atom is 0.416 e. The van der Waals surface area contributed by atoms with E-state index in [0.29, 0.717) is 53.4 Å². The van der Waals surface area contributed by atoms with Gasteiger partial charge in [0.25, 0.3) is 5.91 Å². The first-order valence-electron chi connectivity index (χ1n) is 12.2. The second-order valence-electron chi connectivity index (χ2n) is 9.90. The number of nitrogens with zero attached hydrogens (tertiary/aromatic N) is 4. The number of alkyl halides is 3. The number of rotatable bonds is 5. The molecule has 3 heterocycles. The molecule has 1 amide bonds. The average molecular weight is 511 g/mol. The van der Waals surface area contributed by atoms with Gasteiger partial charge in [-0.05, 0) is 41.7 Å². The summed E-state index contributed by atoms with van der Waals surface area (Å²) in [5, 5.41) is 10.0. The predicted octanol–water partition coefficient (Wildman–Crippen LogP) is 6.34. The van der Waals surface area contributed by atoms with Crippen LogP contribution in [-0.4, -0.2) is 41.5 Å². The molecule has 37 heavy (non-hydrogen) atoms. The van der Waals surface area contributed by atoms with E-state index < -0.39 is 11.7 Å². The summed E-state index contributed by atoms with van der Waals surface area (Å²) in [4.78, 5) is 21.9. The number of hydrogen-bond acceptors (Lipinski definition) is 5. The van der Waals surface area contributed by atoms with Crippen molar-refractivity contribution in [3.05, 3.63) is 71.3 Å². The van der Waals surface area contributed by atoms with Crippen LogP contribution in [0, 0.1) is 17.2 Å². The van der Waals surface area contributed by atoms with E-state index in [1.165, 1.54) is 24.7 Å². The Morgan fingerprint density at radius 2 is 1.84 bits per heavy atom. The Labute approximate surface area is 214 Å². The molecule has 1 fully saturated rings. The van der Waals surface area contributed by atoms with Crippen LogP contribution >= 0.6 is 0 Å². The largest absolute Gasteiger partial charge is 0.472 e. The minimum absolute atomic E-state index is 0.0337. The third-order valence-electron chi connectivity index (χ3n) is 6.74. The molecule has 1 saturated heterocycles. The van der Waals surface area contributed by atoms with Crippen LogP contribution in [0.4, 0.5) is 19.0 Å². The second kappa shape index (κ2) is 10.3. The highest BCUT2D eigenvalue weighted by molar-refractivity contribution is 5.94. The number of pyridine rings is 1. The highest BCUT2D eigenvalue weighted by Gasteiger charge is 2.35. The van der Waals surface area contributed by atoms with Gasteiger partial charge in [0.1, 0.15) is 18.2 Å². The molecule has 0 saturated carbocycles. The van der Waals surface area contributed by atoms with Crippen molar-refractivity contribution in [3.8, 4) is 17.2 Å². The minimum atomic E-state index is -4.42. The molecule has 3 aromatic rings. The molecule has 9 heteroatoms. The number of anilines is 1. The van der Waals surface area contributed by atoms with Crippen molar-refractivity contribution in [3.63, 3.8) is 0 Å².